The molecule has 9 heteroatoms. The minimum atomic E-state index is -0.715. The van der Waals surface area contributed by atoms with Crippen molar-refractivity contribution in [1.82, 2.24) is 4.90 Å². The summed E-state index contributed by atoms with van der Waals surface area (Å²) in [5.41, 5.74) is 2.41. The van der Waals surface area contributed by atoms with Gasteiger partial charge in [0.25, 0.3) is 5.91 Å². The van der Waals surface area contributed by atoms with Crippen LogP contribution in [0.25, 0.3) is 0 Å². The first kappa shape index (κ1) is 23.9. The van der Waals surface area contributed by atoms with Crippen LogP contribution in [0.4, 0.5) is 5.69 Å². The summed E-state index contributed by atoms with van der Waals surface area (Å²) >= 11 is 1.63. The van der Waals surface area contributed by atoms with E-state index in [-0.39, 0.29) is 18.6 Å². The van der Waals surface area contributed by atoms with Crippen LogP contribution in [0, 0.1) is 0 Å². The third-order valence-electron chi connectivity index (χ3n) is 6.55. The fourth-order valence-corrected chi connectivity index (χ4v) is 5.15. The first-order valence-corrected chi connectivity index (χ1v) is 12.5. The highest BCUT2D eigenvalue weighted by Crippen LogP contribution is 2.46. The second-order valence-electron chi connectivity index (χ2n) is 8.46. The van der Waals surface area contributed by atoms with Crippen molar-refractivity contribution in [1.29, 1.82) is 0 Å². The van der Waals surface area contributed by atoms with E-state index in [0.717, 1.165) is 10.5 Å². The summed E-state index contributed by atoms with van der Waals surface area (Å²) in [7, 11) is 4.76. The summed E-state index contributed by atoms with van der Waals surface area (Å²) in [5, 5.41) is 3.02. The van der Waals surface area contributed by atoms with Crippen LogP contribution >= 0.6 is 11.8 Å². The van der Waals surface area contributed by atoms with Crippen LogP contribution in [0.15, 0.2) is 59.5 Å². The number of likely N-dealkylation sites (N-methyl/N-ethyl adjacent to an activating group) is 1. The molecule has 2 aliphatic rings. The largest absolute Gasteiger partial charge is 0.493 e. The Morgan fingerprint density at radius 3 is 2.39 bits per heavy atom. The minimum absolute atomic E-state index is 0.144. The molecule has 3 aromatic carbocycles. The van der Waals surface area contributed by atoms with Crippen molar-refractivity contribution in [3.05, 3.63) is 71.3 Å². The zero-order valence-corrected chi connectivity index (χ0v) is 21.2. The van der Waals surface area contributed by atoms with E-state index in [2.05, 4.69) is 5.32 Å². The highest BCUT2D eigenvalue weighted by molar-refractivity contribution is 7.98. The third kappa shape index (κ3) is 4.09. The zero-order chi connectivity index (χ0) is 25.4. The molecule has 2 atom stereocenters. The quantitative estimate of drug-likeness (QED) is 0.485. The lowest BCUT2D eigenvalue weighted by Gasteiger charge is -2.40. The van der Waals surface area contributed by atoms with Crippen LogP contribution in [0.2, 0.25) is 0 Å². The molecule has 0 aliphatic carbocycles. The summed E-state index contributed by atoms with van der Waals surface area (Å²) in [6.45, 7) is 0.144. The van der Waals surface area contributed by atoms with Gasteiger partial charge in [0.05, 0.1) is 26.2 Å². The number of methoxy groups -OCH3 is 2. The Labute approximate surface area is 213 Å². The number of hydrogen-bond acceptors (Lipinski definition) is 7. The van der Waals surface area contributed by atoms with Crippen LogP contribution in [0.3, 0.4) is 0 Å². The van der Waals surface area contributed by atoms with Gasteiger partial charge in [-0.15, -0.1) is 11.8 Å². The number of amides is 2. The average molecular weight is 507 g/mol. The monoisotopic (exact) mass is 506 g/mol. The molecule has 0 spiro atoms. The van der Waals surface area contributed by atoms with Gasteiger partial charge in [0.1, 0.15) is 0 Å². The molecule has 0 unspecified atom stereocenters. The summed E-state index contributed by atoms with van der Waals surface area (Å²) < 4.78 is 21.8. The summed E-state index contributed by atoms with van der Waals surface area (Å²) in [6, 6.07) is 16.0. The predicted octanol–water partition coefficient (Wildman–Crippen LogP) is 4.70. The maximum Gasteiger partial charge on any atom is 0.254 e. The predicted molar refractivity (Wildman–Crippen MR) is 137 cm³/mol. The molecule has 3 aromatic rings. The molecule has 0 radical (unpaired) electrons. The molecule has 0 saturated carbocycles. The first-order chi connectivity index (χ1) is 17.4. The van der Waals surface area contributed by atoms with Gasteiger partial charge in [-0.25, -0.2) is 0 Å². The smallest absolute Gasteiger partial charge is 0.254 e. The van der Waals surface area contributed by atoms with E-state index in [0.29, 0.717) is 39.8 Å². The number of nitrogens with zero attached hydrogens (tertiary/aromatic N) is 1. The van der Waals surface area contributed by atoms with Gasteiger partial charge in [0.2, 0.25) is 12.7 Å². The number of carbonyl (C=O) groups excluding carboxylic acids is 2. The molecule has 2 heterocycles. The van der Waals surface area contributed by atoms with Crippen molar-refractivity contribution in [3.8, 4) is 23.0 Å². The fourth-order valence-electron chi connectivity index (χ4n) is 4.74. The lowest BCUT2D eigenvalue weighted by molar-refractivity contribution is -0.119. The van der Waals surface area contributed by atoms with E-state index >= 15 is 0 Å². The van der Waals surface area contributed by atoms with E-state index < -0.39 is 12.0 Å². The van der Waals surface area contributed by atoms with E-state index in [1.807, 2.05) is 30.5 Å². The maximum atomic E-state index is 13.9. The van der Waals surface area contributed by atoms with Gasteiger partial charge < -0.3 is 29.2 Å². The summed E-state index contributed by atoms with van der Waals surface area (Å²) in [4.78, 5) is 30.2. The molecule has 2 amide bonds. The number of thioether (sulfide) groups is 1. The standard InChI is InChI=1S/C27H26N2O6S/c1-29-25(15-5-8-17(36-4)9-6-15)24(18-12-21(32-2)22(33-3)13-19(18)27(29)31)26(30)28-16-7-10-20-23(11-16)35-14-34-20/h5-13,24-25H,14H2,1-4H3,(H,28,30)/t24-,25+/m1/s1. The Kier molecular flexibility index (Phi) is 6.40. The number of rotatable bonds is 6. The molecule has 186 valence electrons. The van der Waals surface area contributed by atoms with Crippen molar-refractivity contribution in [2.45, 2.75) is 16.9 Å². The maximum absolute atomic E-state index is 13.9. The number of nitrogens with one attached hydrogen (secondary N) is 1. The lowest BCUT2D eigenvalue weighted by atomic mass is 9.79. The fraction of sp³-hybridized carbons (Fsp3) is 0.259. The van der Waals surface area contributed by atoms with Gasteiger partial charge >= 0.3 is 0 Å². The topological polar surface area (TPSA) is 86.3 Å². The number of anilines is 1. The molecule has 2 aliphatic heterocycles. The molecule has 0 bridgehead atoms. The molecular formula is C27H26N2O6S. The number of hydrogen-bond donors (Lipinski definition) is 1. The Balaban J connectivity index is 1.61. The van der Waals surface area contributed by atoms with Crippen molar-refractivity contribution in [3.63, 3.8) is 0 Å². The average Bonchev–Trinajstić information content (AvgIpc) is 3.37. The molecule has 5 rings (SSSR count). The second-order valence-corrected chi connectivity index (χ2v) is 9.34. The second kappa shape index (κ2) is 9.66. The van der Waals surface area contributed by atoms with Crippen LogP contribution in [-0.4, -0.2) is 51.0 Å². The van der Waals surface area contributed by atoms with Crippen LogP contribution < -0.4 is 24.3 Å². The Morgan fingerprint density at radius 1 is 1.00 bits per heavy atom. The number of carbonyl (C=O) groups is 2. The van der Waals surface area contributed by atoms with Crippen molar-refractivity contribution >= 4 is 29.3 Å². The molecular weight excluding hydrogens is 480 g/mol. The minimum Gasteiger partial charge on any atom is -0.493 e. The van der Waals surface area contributed by atoms with E-state index in [1.54, 1.807) is 54.0 Å². The Morgan fingerprint density at radius 2 is 1.69 bits per heavy atom. The summed E-state index contributed by atoms with van der Waals surface area (Å²) in [6.07, 6.45) is 2.00. The van der Waals surface area contributed by atoms with Gasteiger partial charge in [0.15, 0.2) is 23.0 Å². The van der Waals surface area contributed by atoms with Crippen molar-refractivity contribution < 1.29 is 28.5 Å². The Bertz CT molecular complexity index is 1330. The van der Waals surface area contributed by atoms with Gasteiger partial charge in [-0.1, -0.05) is 12.1 Å². The molecule has 36 heavy (non-hydrogen) atoms. The third-order valence-corrected chi connectivity index (χ3v) is 7.30. The van der Waals surface area contributed by atoms with E-state index in [1.165, 1.54) is 14.2 Å². The highest BCUT2D eigenvalue weighted by atomic mass is 32.2. The van der Waals surface area contributed by atoms with Gasteiger partial charge in [0, 0.05) is 29.3 Å². The molecule has 0 fully saturated rings. The summed E-state index contributed by atoms with van der Waals surface area (Å²) in [5.74, 6) is 0.900. The van der Waals surface area contributed by atoms with Crippen LogP contribution in [0.1, 0.15) is 33.4 Å². The van der Waals surface area contributed by atoms with E-state index in [4.69, 9.17) is 18.9 Å². The number of benzene rings is 3. The molecule has 0 saturated heterocycles. The van der Waals surface area contributed by atoms with Crippen LogP contribution in [0.5, 0.6) is 23.0 Å². The van der Waals surface area contributed by atoms with Crippen molar-refractivity contribution in [2.24, 2.45) is 0 Å². The highest BCUT2D eigenvalue weighted by Gasteiger charge is 2.43. The van der Waals surface area contributed by atoms with Gasteiger partial charge in [-0.2, -0.15) is 0 Å². The molecule has 8 nitrogen and oxygen atoms in total. The van der Waals surface area contributed by atoms with Crippen molar-refractivity contribution in [2.75, 3.05) is 39.6 Å². The molecule has 0 aromatic heterocycles. The normalized spacial score (nSPS) is 18.0. The number of fused-ring (bicyclic) bond motifs is 2. The SMILES string of the molecule is COc1cc2c(cc1OC)[C@@H](C(=O)Nc1ccc3c(c1)OCO3)[C@H](c1ccc(SC)cc1)N(C)C2=O. The lowest BCUT2D eigenvalue weighted by Crippen LogP contribution is -2.44. The van der Waals surface area contributed by atoms with Gasteiger partial charge in [-0.3, -0.25) is 9.59 Å². The zero-order valence-electron chi connectivity index (χ0n) is 20.4. The Hall–Kier alpha value is -3.85. The van der Waals surface area contributed by atoms with Crippen LogP contribution in [-0.2, 0) is 4.79 Å². The van der Waals surface area contributed by atoms with E-state index in [9.17, 15) is 9.59 Å². The first-order valence-electron chi connectivity index (χ1n) is 11.3. The molecule has 1 N–H and O–H groups in total. The number of ether oxygens (including phenoxy) is 4. The van der Waals surface area contributed by atoms with Gasteiger partial charge in [-0.05, 0) is 53.8 Å².